The summed E-state index contributed by atoms with van der Waals surface area (Å²) < 4.78 is 0. The van der Waals surface area contributed by atoms with Gasteiger partial charge in [0.05, 0.1) is 16.9 Å². The normalized spacial score (nSPS) is 10.8. The quantitative estimate of drug-likeness (QED) is 0.690. The average Bonchev–Trinajstić information content (AvgIpc) is 2.50. The van der Waals surface area contributed by atoms with E-state index >= 15 is 0 Å². The molecule has 2 heterocycles. The van der Waals surface area contributed by atoms with Crippen molar-refractivity contribution in [2.75, 3.05) is 0 Å². The molecule has 2 aromatic heterocycles. The molecule has 21 heavy (non-hydrogen) atoms. The Morgan fingerprint density at radius 3 is 2.76 bits per heavy atom. The average molecular weight is 277 g/mol. The molecular formula is C17H15N3O. The Morgan fingerprint density at radius 1 is 1.10 bits per heavy atom. The molecule has 0 fully saturated rings. The van der Waals surface area contributed by atoms with Gasteiger partial charge in [-0.05, 0) is 37.6 Å². The standard InChI is InChI=1S/C17H15N3O/c1-11-9-15(12(2)20-19-11)17(21)10-13-7-8-18-16-6-4-3-5-14(13)16/h3-9H,10H2,1-2H3. The first-order chi connectivity index (χ1) is 10.1. The highest BCUT2D eigenvalue weighted by atomic mass is 16.1. The van der Waals surface area contributed by atoms with E-state index < -0.39 is 0 Å². The molecule has 3 aromatic rings. The van der Waals surface area contributed by atoms with Crippen LogP contribution in [0.25, 0.3) is 10.9 Å². The molecule has 0 radical (unpaired) electrons. The van der Waals surface area contributed by atoms with Crippen molar-refractivity contribution in [1.29, 1.82) is 0 Å². The lowest BCUT2D eigenvalue weighted by Gasteiger charge is -2.07. The van der Waals surface area contributed by atoms with Gasteiger partial charge in [-0.25, -0.2) is 0 Å². The maximum Gasteiger partial charge on any atom is 0.169 e. The molecule has 0 N–H and O–H groups in total. The van der Waals surface area contributed by atoms with Gasteiger partial charge < -0.3 is 0 Å². The molecule has 0 amide bonds. The van der Waals surface area contributed by atoms with E-state index in [1.54, 1.807) is 12.3 Å². The van der Waals surface area contributed by atoms with Gasteiger partial charge in [-0.3, -0.25) is 9.78 Å². The lowest BCUT2D eigenvalue weighted by Crippen LogP contribution is -2.09. The number of nitrogens with zero attached hydrogens (tertiary/aromatic N) is 3. The van der Waals surface area contributed by atoms with Crippen LogP contribution >= 0.6 is 0 Å². The molecular weight excluding hydrogens is 262 g/mol. The number of rotatable bonds is 3. The predicted octanol–water partition coefficient (Wildman–Crippen LogP) is 3.07. The monoisotopic (exact) mass is 277 g/mol. The van der Waals surface area contributed by atoms with Gasteiger partial charge in [0.1, 0.15) is 0 Å². The summed E-state index contributed by atoms with van der Waals surface area (Å²) in [5.41, 5.74) is 3.96. The van der Waals surface area contributed by atoms with Crippen molar-refractivity contribution in [3.05, 3.63) is 65.1 Å². The van der Waals surface area contributed by atoms with E-state index in [9.17, 15) is 4.79 Å². The van der Waals surface area contributed by atoms with Crippen molar-refractivity contribution in [2.45, 2.75) is 20.3 Å². The number of aryl methyl sites for hydroxylation is 2. The third kappa shape index (κ3) is 2.65. The van der Waals surface area contributed by atoms with E-state index in [1.165, 1.54) is 0 Å². The summed E-state index contributed by atoms with van der Waals surface area (Å²) in [4.78, 5) is 16.9. The number of benzene rings is 1. The third-order valence-corrected chi connectivity index (χ3v) is 3.49. The van der Waals surface area contributed by atoms with Crippen LogP contribution in [0.3, 0.4) is 0 Å². The number of para-hydroxylation sites is 1. The van der Waals surface area contributed by atoms with Crippen molar-refractivity contribution < 1.29 is 4.79 Å². The van der Waals surface area contributed by atoms with Crippen LogP contribution < -0.4 is 0 Å². The number of pyridine rings is 1. The summed E-state index contributed by atoms with van der Waals surface area (Å²) in [6, 6.07) is 11.5. The first kappa shape index (κ1) is 13.4. The van der Waals surface area contributed by atoms with E-state index in [1.807, 2.05) is 44.2 Å². The zero-order valence-corrected chi connectivity index (χ0v) is 12.0. The van der Waals surface area contributed by atoms with Crippen LogP contribution in [0, 0.1) is 13.8 Å². The maximum absolute atomic E-state index is 12.5. The van der Waals surface area contributed by atoms with Gasteiger partial charge in [0.25, 0.3) is 0 Å². The largest absolute Gasteiger partial charge is 0.294 e. The Bertz CT molecular complexity index is 822. The van der Waals surface area contributed by atoms with Crippen LogP contribution in [-0.4, -0.2) is 21.0 Å². The molecule has 1 aromatic carbocycles. The fourth-order valence-electron chi connectivity index (χ4n) is 2.41. The molecule has 4 nitrogen and oxygen atoms in total. The summed E-state index contributed by atoms with van der Waals surface area (Å²) in [5, 5.41) is 9.01. The Balaban J connectivity index is 1.99. The van der Waals surface area contributed by atoms with Gasteiger partial charge in [0, 0.05) is 23.6 Å². The van der Waals surface area contributed by atoms with Crippen molar-refractivity contribution >= 4 is 16.7 Å². The van der Waals surface area contributed by atoms with Crippen LogP contribution in [0.4, 0.5) is 0 Å². The topological polar surface area (TPSA) is 55.7 Å². The van der Waals surface area contributed by atoms with Gasteiger partial charge in [-0.1, -0.05) is 18.2 Å². The Hall–Kier alpha value is -2.62. The molecule has 0 unspecified atom stereocenters. The van der Waals surface area contributed by atoms with Gasteiger partial charge in [0.2, 0.25) is 0 Å². The Labute approximate surface area is 122 Å². The van der Waals surface area contributed by atoms with Crippen LogP contribution in [0.15, 0.2) is 42.6 Å². The molecule has 3 rings (SSSR count). The minimum absolute atomic E-state index is 0.0573. The van der Waals surface area contributed by atoms with Gasteiger partial charge >= 0.3 is 0 Å². The van der Waals surface area contributed by atoms with Crippen molar-refractivity contribution in [3.8, 4) is 0 Å². The fraction of sp³-hybridized carbons (Fsp3) is 0.176. The molecule has 0 aliphatic rings. The zero-order valence-electron chi connectivity index (χ0n) is 12.0. The highest BCUT2D eigenvalue weighted by Gasteiger charge is 2.13. The van der Waals surface area contributed by atoms with Crippen LogP contribution in [0.2, 0.25) is 0 Å². The minimum atomic E-state index is 0.0573. The van der Waals surface area contributed by atoms with Crippen molar-refractivity contribution in [3.63, 3.8) is 0 Å². The number of aromatic nitrogens is 3. The Morgan fingerprint density at radius 2 is 1.90 bits per heavy atom. The number of carbonyl (C=O) groups is 1. The van der Waals surface area contributed by atoms with Crippen LogP contribution in [0.1, 0.15) is 27.3 Å². The van der Waals surface area contributed by atoms with Crippen LogP contribution in [-0.2, 0) is 6.42 Å². The second-order valence-corrected chi connectivity index (χ2v) is 5.07. The van der Waals surface area contributed by atoms with E-state index in [0.29, 0.717) is 17.7 Å². The highest BCUT2D eigenvalue weighted by Crippen LogP contribution is 2.19. The third-order valence-electron chi connectivity index (χ3n) is 3.49. The summed E-state index contributed by atoms with van der Waals surface area (Å²) in [6.45, 7) is 3.65. The maximum atomic E-state index is 12.5. The zero-order chi connectivity index (χ0) is 14.8. The lowest BCUT2D eigenvalue weighted by molar-refractivity contribution is 0.0992. The summed E-state index contributed by atoms with van der Waals surface area (Å²) >= 11 is 0. The second-order valence-electron chi connectivity index (χ2n) is 5.07. The predicted molar refractivity (Wildman–Crippen MR) is 81.3 cm³/mol. The number of fused-ring (bicyclic) bond motifs is 1. The number of hydrogen-bond donors (Lipinski definition) is 0. The van der Waals surface area contributed by atoms with Gasteiger partial charge in [0.15, 0.2) is 5.78 Å². The molecule has 0 spiro atoms. The molecule has 0 bridgehead atoms. The van der Waals surface area contributed by atoms with Crippen LogP contribution in [0.5, 0.6) is 0 Å². The molecule has 0 atom stereocenters. The van der Waals surface area contributed by atoms with Crippen molar-refractivity contribution in [1.82, 2.24) is 15.2 Å². The SMILES string of the molecule is Cc1cc(C(=O)Cc2ccnc3ccccc23)c(C)nn1. The first-order valence-electron chi connectivity index (χ1n) is 6.82. The Kier molecular flexibility index (Phi) is 3.44. The molecule has 104 valence electrons. The van der Waals surface area contributed by atoms with E-state index in [2.05, 4.69) is 15.2 Å². The van der Waals surface area contributed by atoms with Crippen molar-refractivity contribution in [2.24, 2.45) is 0 Å². The van der Waals surface area contributed by atoms with E-state index in [0.717, 1.165) is 22.2 Å². The van der Waals surface area contributed by atoms with E-state index in [-0.39, 0.29) is 5.78 Å². The first-order valence-corrected chi connectivity index (χ1v) is 6.82. The summed E-state index contributed by atoms with van der Waals surface area (Å²) in [5.74, 6) is 0.0573. The highest BCUT2D eigenvalue weighted by molar-refractivity contribution is 6.00. The molecule has 0 saturated heterocycles. The summed E-state index contributed by atoms with van der Waals surface area (Å²) in [6.07, 6.45) is 2.09. The second kappa shape index (κ2) is 5.40. The molecule has 0 saturated carbocycles. The minimum Gasteiger partial charge on any atom is -0.294 e. The van der Waals surface area contributed by atoms with Gasteiger partial charge in [-0.15, -0.1) is 0 Å². The smallest absolute Gasteiger partial charge is 0.169 e. The van der Waals surface area contributed by atoms with Gasteiger partial charge in [-0.2, -0.15) is 10.2 Å². The lowest BCUT2D eigenvalue weighted by atomic mass is 9.99. The fourth-order valence-corrected chi connectivity index (χ4v) is 2.41. The molecule has 0 aliphatic heterocycles. The number of Topliss-reactive ketones (excluding diaryl/α,β-unsaturated/α-hetero) is 1. The molecule has 0 aliphatic carbocycles. The number of carbonyl (C=O) groups excluding carboxylic acids is 1. The van der Waals surface area contributed by atoms with E-state index in [4.69, 9.17) is 0 Å². The molecule has 4 heteroatoms. The summed E-state index contributed by atoms with van der Waals surface area (Å²) in [7, 11) is 0. The number of ketones is 1. The number of hydrogen-bond acceptors (Lipinski definition) is 4.